The lowest BCUT2D eigenvalue weighted by Crippen LogP contribution is -2.56. The zero-order chi connectivity index (χ0) is 23.8. The van der Waals surface area contributed by atoms with E-state index in [1.54, 1.807) is 12.4 Å². The Morgan fingerprint density at radius 1 is 1.03 bits per heavy atom. The number of thioether (sulfide) groups is 1. The lowest BCUT2D eigenvalue weighted by molar-refractivity contribution is -0.123. The molecule has 3 aromatic rings. The number of amides is 1. The van der Waals surface area contributed by atoms with Crippen LogP contribution in [0.3, 0.4) is 0 Å². The monoisotopic (exact) mass is 487 g/mol. The average Bonchev–Trinajstić information content (AvgIpc) is 3.25. The van der Waals surface area contributed by atoms with E-state index in [1.165, 1.54) is 55.9 Å². The van der Waals surface area contributed by atoms with Crippen LogP contribution in [0.25, 0.3) is 11.4 Å². The summed E-state index contributed by atoms with van der Waals surface area (Å²) in [4.78, 5) is 17.2. The van der Waals surface area contributed by atoms with Crippen molar-refractivity contribution >= 4 is 17.7 Å². The highest BCUT2D eigenvalue weighted by molar-refractivity contribution is 7.99. The molecule has 0 radical (unpaired) electrons. The van der Waals surface area contributed by atoms with Gasteiger partial charge in [0.25, 0.3) is 0 Å². The number of carbonyl (C=O) groups excluding carboxylic acids is 1. The van der Waals surface area contributed by atoms with Gasteiger partial charge in [0.2, 0.25) is 5.91 Å². The number of benzene rings is 1. The number of nitrogens with zero attached hydrogens (tertiary/aromatic N) is 4. The van der Waals surface area contributed by atoms with Gasteiger partial charge in [0.05, 0.1) is 12.3 Å². The normalized spacial score (nSPS) is 27.6. The number of rotatable bonds is 8. The topological polar surface area (TPSA) is 72.7 Å². The third-order valence-corrected chi connectivity index (χ3v) is 9.52. The molecule has 35 heavy (non-hydrogen) atoms. The van der Waals surface area contributed by atoms with E-state index < -0.39 is 0 Å². The molecule has 2 heterocycles. The lowest BCUT2D eigenvalue weighted by Gasteiger charge is -2.59. The first kappa shape index (κ1) is 22.8. The van der Waals surface area contributed by atoms with Crippen LogP contribution in [0.1, 0.15) is 51.0 Å². The van der Waals surface area contributed by atoms with E-state index in [0.29, 0.717) is 17.7 Å². The second-order valence-corrected chi connectivity index (χ2v) is 11.9. The molecule has 7 rings (SSSR count). The molecule has 4 bridgehead atoms. The molecule has 4 saturated carbocycles. The first-order valence-corrected chi connectivity index (χ1v) is 13.9. The molecule has 4 aliphatic rings. The summed E-state index contributed by atoms with van der Waals surface area (Å²) < 4.78 is 2.10. The minimum Gasteiger partial charge on any atom is -0.352 e. The van der Waals surface area contributed by atoms with Crippen LogP contribution in [0.15, 0.2) is 60.0 Å². The number of hydrogen-bond acceptors (Lipinski definition) is 5. The Morgan fingerprint density at radius 3 is 2.34 bits per heavy atom. The van der Waals surface area contributed by atoms with Gasteiger partial charge >= 0.3 is 0 Å². The summed E-state index contributed by atoms with van der Waals surface area (Å²) in [6.45, 7) is 2.90. The smallest absolute Gasteiger partial charge is 0.230 e. The number of pyridine rings is 1. The van der Waals surface area contributed by atoms with Crippen LogP contribution in [0.4, 0.5) is 0 Å². The summed E-state index contributed by atoms with van der Waals surface area (Å²) in [6.07, 6.45) is 11.7. The van der Waals surface area contributed by atoms with E-state index in [1.807, 2.05) is 30.3 Å². The summed E-state index contributed by atoms with van der Waals surface area (Å²) in [7, 11) is 0. The largest absolute Gasteiger partial charge is 0.352 e. The van der Waals surface area contributed by atoms with Crippen molar-refractivity contribution in [1.29, 1.82) is 0 Å². The first-order valence-electron chi connectivity index (χ1n) is 12.9. The number of hydrogen-bond donors (Lipinski definition) is 1. The van der Waals surface area contributed by atoms with E-state index in [-0.39, 0.29) is 11.9 Å². The van der Waals surface area contributed by atoms with E-state index in [0.717, 1.165) is 34.3 Å². The second-order valence-electron chi connectivity index (χ2n) is 11.0. The third-order valence-electron chi connectivity index (χ3n) is 8.55. The lowest BCUT2D eigenvalue weighted by atomic mass is 9.48. The van der Waals surface area contributed by atoms with Crippen molar-refractivity contribution in [3.05, 3.63) is 60.4 Å². The average molecular weight is 488 g/mol. The van der Waals surface area contributed by atoms with Crippen LogP contribution in [0, 0.1) is 23.2 Å². The van der Waals surface area contributed by atoms with Crippen LogP contribution >= 0.6 is 11.8 Å². The van der Waals surface area contributed by atoms with Crippen molar-refractivity contribution in [3.63, 3.8) is 0 Å². The van der Waals surface area contributed by atoms with Gasteiger partial charge in [-0.3, -0.25) is 14.3 Å². The molecule has 1 unspecified atom stereocenters. The number of aromatic nitrogens is 4. The fraction of sp³-hybridized carbons (Fsp3) is 0.500. The van der Waals surface area contributed by atoms with Gasteiger partial charge < -0.3 is 5.32 Å². The third kappa shape index (κ3) is 4.63. The van der Waals surface area contributed by atoms with E-state index >= 15 is 0 Å². The van der Waals surface area contributed by atoms with Gasteiger partial charge in [-0.1, -0.05) is 42.1 Å². The molecule has 182 valence electrons. The standard InChI is InChI=1S/C28H33N5OS/c1-19(28-14-21-11-22(15-28)13-23(12-21)16-28)30-25(34)18-35-27-32-31-26(24-7-9-29-10-8-24)33(27)17-20-5-3-2-4-6-20/h2-10,19,21-23H,11-18H2,1H3,(H,30,34). The van der Waals surface area contributed by atoms with Crippen molar-refractivity contribution < 1.29 is 4.79 Å². The number of carbonyl (C=O) groups is 1. The van der Waals surface area contributed by atoms with Crippen molar-refractivity contribution in [2.24, 2.45) is 23.2 Å². The highest BCUT2D eigenvalue weighted by atomic mass is 32.2. The first-order chi connectivity index (χ1) is 17.1. The van der Waals surface area contributed by atoms with E-state index in [2.05, 4.69) is 44.1 Å². The Labute approximate surface area is 211 Å². The van der Waals surface area contributed by atoms with Gasteiger partial charge in [-0.05, 0) is 86.3 Å². The Bertz CT molecular complexity index is 1140. The molecule has 4 fully saturated rings. The minimum absolute atomic E-state index is 0.0953. The van der Waals surface area contributed by atoms with Gasteiger partial charge in [0.15, 0.2) is 11.0 Å². The maximum Gasteiger partial charge on any atom is 0.230 e. The second kappa shape index (κ2) is 9.41. The molecule has 2 aromatic heterocycles. The molecule has 1 N–H and O–H groups in total. The summed E-state index contributed by atoms with van der Waals surface area (Å²) >= 11 is 1.47. The molecule has 1 atom stereocenters. The fourth-order valence-electron chi connectivity index (χ4n) is 7.29. The van der Waals surface area contributed by atoms with Crippen molar-refractivity contribution in [2.75, 3.05) is 5.75 Å². The highest BCUT2D eigenvalue weighted by Gasteiger charge is 2.53. The molecule has 7 heteroatoms. The molecule has 1 aromatic carbocycles. The molecule has 0 saturated heterocycles. The van der Waals surface area contributed by atoms with Crippen molar-refractivity contribution in [1.82, 2.24) is 25.1 Å². The van der Waals surface area contributed by atoms with Gasteiger partial charge in [-0.15, -0.1) is 10.2 Å². The highest BCUT2D eigenvalue weighted by Crippen LogP contribution is 2.61. The molecule has 0 spiro atoms. The molecular weight excluding hydrogens is 454 g/mol. The quantitative estimate of drug-likeness (QED) is 0.442. The summed E-state index contributed by atoms with van der Waals surface area (Å²) in [5.41, 5.74) is 2.45. The van der Waals surface area contributed by atoms with Gasteiger partial charge in [-0.25, -0.2) is 0 Å². The summed E-state index contributed by atoms with van der Waals surface area (Å²) in [5, 5.41) is 13.1. The zero-order valence-electron chi connectivity index (χ0n) is 20.3. The Balaban J connectivity index is 1.15. The minimum atomic E-state index is 0.0953. The van der Waals surface area contributed by atoms with Crippen molar-refractivity contribution in [2.45, 2.75) is 63.2 Å². The molecule has 0 aliphatic heterocycles. The van der Waals surface area contributed by atoms with Crippen LogP contribution in [0.2, 0.25) is 0 Å². The molecule has 4 aliphatic carbocycles. The summed E-state index contributed by atoms with van der Waals surface area (Å²) in [6, 6.07) is 14.4. The number of nitrogens with one attached hydrogen (secondary N) is 1. The Kier molecular flexibility index (Phi) is 6.13. The summed E-state index contributed by atoms with van der Waals surface area (Å²) in [5.74, 6) is 3.90. The maximum absolute atomic E-state index is 13.1. The molecular formula is C28H33N5OS. The van der Waals surface area contributed by atoms with Crippen molar-refractivity contribution in [3.8, 4) is 11.4 Å². The molecule has 1 amide bonds. The van der Waals surface area contributed by atoms with E-state index in [4.69, 9.17) is 0 Å². The SMILES string of the molecule is CC(NC(=O)CSc1nnc(-c2ccncc2)n1Cc1ccccc1)C12CC3CC(CC(C3)C1)C2. The van der Waals surface area contributed by atoms with Gasteiger partial charge in [0, 0.05) is 24.0 Å². The zero-order valence-corrected chi connectivity index (χ0v) is 21.1. The predicted molar refractivity (Wildman–Crippen MR) is 138 cm³/mol. The van der Waals surface area contributed by atoms with Gasteiger partial charge in [0.1, 0.15) is 0 Å². The fourth-order valence-corrected chi connectivity index (χ4v) is 8.04. The van der Waals surface area contributed by atoms with Crippen LogP contribution in [-0.2, 0) is 11.3 Å². The Hall–Kier alpha value is -2.67. The van der Waals surface area contributed by atoms with Crippen LogP contribution in [-0.4, -0.2) is 37.5 Å². The maximum atomic E-state index is 13.1. The van der Waals surface area contributed by atoms with Gasteiger partial charge in [-0.2, -0.15) is 0 Å². The predicted octanol–water partition coefficient (Wildman–Crippen LogP) is 5.20. The van der Waals surface area contributed by atoms with E-state index in [9.17, 15) is 4.79 Å². The van der Waals surface area contributed by atoms with Crippen LogP contribution in [0.5, 0.6) is 0 Å². The molecule has 6 nitrogen and oxygen atoms in total. The van der Waals surface area contributed by atoms with Crippen LogP contribution < -0.4 is 5.32 Å². The Morgan fingerprint density at radius 2 is 1.69 bits per heavy atom.